The molecular weight excluding hydrogens is 200 g/mol. The summed E-state index contributed by atoms with van der Waals surface area (Å²) in [4.78, 5) is 2.38. The van der Waals surface area contributed by atoms with E-state index in [0.717, 1.165) is 32.1 Å². The van der Waals surface area contributed by atoms with Gasteiger partial charge in [-0.2, -0.15) is 5.10 Å². The summed E-state index contributed by atoms with van der Waals surface area (Å²) in [7, 11) is 4.15. The number of hydrogen-bond donors (Lipinski definition) is 1. The van der Waals surface area contributed by atoms with Gasteiger partial charge in [0.2, 0.25) is 0 Å². The molecule has 4 nitrogen and oxygen atoms in total. The third-order valence-electron chi connectivity index (χ3n) is 3.04. The third kappa shape index (κ3) is 3.94. The van der Waals surface area contributed by atoms with Crippen molar-refractivity contribution in [3.05, 3.63) is 18.0 Å². The molecule has 0 bridgehead atoms. The normalized spacial score (nSPS) is 15.9. The smallest absolute Gasteiger partial charge is 0.0522 e. The Morgan fingerprint density at radius 1 is 1.50 bits per heavy atom. The molecule has 0 radical (unpaired) electrons. The van der Waals surface area contributed by atoms with E-state index in [0.29, 0.717) is 0 Å². The lowest BCUT2D eigenvalue weighted by Gasteiger charge is -2.16. The van der Waals surface area contributed by atoms with Crippen molar-refractivity contribution >= 4 is 0 Å². The summed E-state index contributed by atoms with van der Waals surface area (Å²) in [6.45, 7) is 3.36. The second-order valence-electron chi connectivity index (χ2n) is 4.80. The van der Waals surface area contributed by atoms with E-state index in [1.165, 1.54) is 18.4 Å². The molecule has 0 saturated heterocycles. The van der Waals surface area contributed by atoms with Crippen LogP contribution < -0.4 is 5.32 Å². The maximum Gasteiger partial charge on any atom is 0.0522 e. The molecule has 0 spiro atoms. The van der Waals surface area contributed by atoms with Crippen LogP contribution in [-0.2, 0) is 13.5 Å². The van der Waals surface area contributed by atoms with E-state index in [2.05, 4.69) is 28.6 Å². The SMILES string of the molecule is CN(CCNC1CC1)CCc1cnn(C)c1. The zero-order valence-electron chi connectivity index (χ0n) is 10.3. The van der Waals surface area contributed by atoms with Gasteiger partial charge in [-0.25, -0.2) is 0 Å². The van der Waals surface area contributed by atoms with E-state index in [1.807, 2.05) is 17.9 Å². The predicted molar refractivity (Wildman–Crippen MR) is 65.4 cm³/mol. The van der Waals surface area contributed by atoms with E-state index >= 15 is 0 Å². The molecule has 0 unspecified atom stereocenters. The number of hydrogen-bond acceptors (Lipinski definition) is 3. The van der Waals surface area contributed by atoms with Crippen molar-refractivity contribution in [3.8, 4) is 0 Å². The first-order valence-corrected chi connectivity index (χ1v) is 6.13. The number of aromatic nitrogens is 2. The van der Waals surface area contributed by atoms with Gasteiger partial charge in [0.05, 0.1) is 6.20 Å². The molecule has 1 heterocycles. The highest BCUT2D eigenvalue weighted by Gasteiger charge is 2.19. The van der Waals surface area contributed by atoms with E-state index in [-0.39, 0.29) is 0 Å². The van der Waals surface area contributed by atoms with Crippen molar-refractivity contribution < 1.29 is 0 Å². The van der Waals surface area contributed by atoms with Crippen molar-refractivity contribution in [3.63, 3.8) is 0 Å². The van der Waals surface area contributed by atoms with Crippen LogP contribution in [0.1, 0.15) is 18.4 Å². The van der Waals surface area contributed by atoms with Gasteiger partial charge in [0, 0.05) is 38.9 Å². The summed E-state index contributed by atoms with van der Waals surface area (Å²) in [6.07, 6.45) is 7.89. The Labute approximate surface area is 97.6 Å². The number of nitrogens with zero attached hydrogens (tertiary/aromatic N) is 3. The average Bonchev–Trinajstić information content (AvgIpc) is 2.98. The summed E-state index contributed by atoms with van der Waals surface area (Å²) < 4.78 is 1.87. The molecule has 1 N–H and O–H groups in total. The third-order valence-corrected chi connectivity index (χ3v) is 3.04. The molecule has 2 rings (SSSR count). The van der Waals surface area contributed by atoms with Gasteiger partial charge in [0.25, 0.3) is 0 Å². The molecule has 0 atom stereocenters. The highest BCUT2D eigenvalue weighted by molar-refractivity contribution is 5.03. The minimum Gasteiger partial charge on any atom is -0.313 e. The summed E-state index contributed by atoms with van der Waals surface area (Å²) in [5, 5.41) is 7.71. The second kappa shape index (κ2) is 5.46. The fourth-order valence-corrected chi connectivity index (χ4v) is 1.78. The Kier molecular flexibility index (Phi) is 3.96. The molecule has 0 aromatic carbocycles. The molecule has 16 heavy (non-hydrogen) atoms. The van der Waals surface area contributed by atoms with Crippen LogP contribution in [0.25, 0.3) is 0 Å². The molecule has 1 aliphatic carbocycles. The van der Waals surface area contributed by atoms with Gasteiger partial charge in [-0.1, -0.05) is 0 Å². The lowest BCUT2D eigenvalue weighted by atomic mass is 10.2. The molecule has 0 amide bonds. The standard InChI is InChI=1S/C12H22N4/c1-15(8-6-13-12-3-4-12)7-5-11-9-14-16(2)10-11/h9-10,12-13H,3-8H2,1-2H3. The summed E-state index contributed by atoms with van der Waals surface area (Å²) in [5.41, 5.74) is 1.32. The summed E-state index contributed by atoms with van der Waals surface area (Å²) in [6, 6.07) is 0.826. The van der Waals surface area contributed by atoms with Gasteiger partial charge in [-0.3, -0.25) is 4.68 Å². The van der Waals surface area contributed by atoms with Gasteiger partial charge in [0.15, 0.2) is 0 Å². The lowest BCUT2D eigenvalue weighted by Crippen LogP contribution is -2.31. The van der Waals surface area contributed by atoms with Gasteiger partial charge in [-0.15, -0.1) is 0 Å². The second-order valence-corrected chi connectivity index (χ2v) is 4.80. The fraction of sp³-hybridized carbons (Fsp3) is 0.750. The van der Waals surface area contributed by atoms with Gasteiger partial charge >= 0.3 is 0 Å². The molecule has 4 heteroatoms. The molecule has 1 fully saturated rings. The van der Waals surface area contributed by atoms with Crippen molar-refractivity contribution in [2.45, 2.75) is 25.3 Å². The largest absolute Gasteiger partial charge is 0.313 e. The first-order valence-electron chi connectivity index (χ1n) is 6.13. The highest BCUT2D eigenvalue weighted by atomic mass is 15.2. The Hall–Kier alpha value is -0.870. The number of rotatable bonds is 7. The molecule has 0 aliphatic heterocycles. The average molecular weight is 222 g/mol. The van der Waals surface area contributed by atoms with E-state index in [4.69, 9.17) is 0 Å². The van der Waals surface area contributed by atoms with E-state index in [9.17, 15) is 0 Å². The Morgan fingerprint density at radius 3 is 2.94 bits per heavy atom. The van der Waals surface area contributed by atoms with E-state index < -0.39 is 0 Å². The fourth-order valence-electron chi connectivity index (χ4n) is 1.78. The van der Waals surface area contributed by atoms with Crippen LogP contribution in [0.15, 0.2) is 12.4 Å². The molecule has 1 aromatic rings. The van der Waals surface area contributed by atoms with Crippen LogP contribution in [0.5, 0.6) is 0 Å². The molecule has 1 saturated carbocycles. The van der Waals surface area contributed by atoms with Crippen LogP contribution in [0, 0.1) is 0 Å². The minimum atomic E-state index is 0.826. The molecule has 1 aromatic heterocycles. The van der Waals surface area contributed by atoms with E-state index in [1.54, 1.807) is 0 Å². The zero-order valence-corrected chi connectivity index (χ0v) is 10.3. The van der Waals surface area contributed by atoms with Crippen molar-refractivity contribution in [2.24, 2.45) is 7.05 Å². The van der Waals surface area contributed by atoms with Crippen molar-refractivity contribution in [1.82, 2.24) is 20.0 Å². The van der Waals surface area contributed by atoms with Crippen LogP contribution in [0.3, 0.4) is 0 Å². The van der Waals surface area contributed by atoms with Gasteiger partial charge < -0.3 is 10.2 Å². The number of likely N-dealkylation sites (N-methyl/N-ethyl adjacent to an activating group) is 1. The first kappa shape index (κ1) is 11.6. The zero-order chi connectivity index (χ0) is 11.4. The Bertz CT molecular complexity index is 317. The molecular formula is C12H22N4. The number of nitrogens with one attached hydrogen (secondary N) is 1. The van der Waals surface area contributed by atoms with Crippen molar-refractivity contribution in [2.75, 3.05) is 26.7 Å². The van der Waals surface area contributed by atoms with Gasteiger partial charge in [0.1, 0.15) is 0 Å². The van der Waals surface area contributed by atoms with Crippen LogP contribution in [-0.4, -0.2) is 47.4 Å². The lowest BCUT2D eigenvalue weighted by molar-refractivity contribution is 0.335. The van der Waals surface area contributed by atoms with Crippen molar-refractivity contribution in [1.29, 1.82) is 0 Å². The van der Waals surface area contributed by atoms with Gasteiger partial charge in [-0.05, 0) is 31.9 Å². The predicted octanol–water partition coefficient (Wildman–Crippen LogP) is 0.646. The summed E-state index contributed by atoms with van der Waals surface area (Å²) >= 11 is 0. The van der Waals surface area contributed by atoms with Crippen LogP contribution >= 0.6 is 0 Å². The molecule has 90 valence electrons. The van der Waals surface area contributed by atoms with Crippen LogP contribution in [0.2, 0.25) is 0 Å². The first-order chi connectivity index (χ1) is 7.74. The molecule has 1 aliphatic rings. The quantitative estimate of drug-likeness (QED) is 0.735. The van der Waals surface area contributed by atoms with Crippen LogP contribution in [0.4, 0.5) is 0 Å². The Balaban J connectivity index is 1.57. The maximum absolute atomic E-state index is 4.17. The topological polar surface area (TPSA) is 33.1 Å². The minimum absolute atomic E-state index is 0.826. The highest BCUT2D eigenvalue weighted by Crippen LogP contribution is 2.17. The summed E-state index contributed by atoms with van der Waals surface area (Å²) in [5.74, 6) is 0. The number of aryl methyl sites for hydroxylation is 1. The maximum atomic E-state index is 4.17. The monoisotopic (exact) mass is 222 g/mol. The Morgan fingerprint density at radius 2 is 2.31 bits per heavy atom.